The number of aliphatic hydroxyl groups excluding tert-OH is 5. The van der Waals surface area contributed by atoms with Crippen LogP contribution in [0.2, 0.25) is 0 Å². The van der Waals surface area contributed by atoms with Gasteiger partial charge in [-0.15, -0.1) is 0 Å². The number of nitrogens with zero attached hydrogens (tertiary/aromatic N) is 1. The first-order chi connectivity index (χ1) is 18.8. The molecule has 3 amide bonds. The molecule has 0 aromatic heterocycles. The van der Waals surface area contributed by atoms with Gasteiger partial charge in [0.25, 0.3) is 0 Å². The lowest BCUT2D eigenvalue weighted by molar-refractivity contribution is -0.315. The second kappa shape index (κ2) is 15.4. The Morgan fingerprint density at radius 1 is 0.900 bits per heavy atom. The Labute approximate surface area is 230 Å². The summed E-state index contributed by atoms with van der Waals surface area (Å²) in [6.07, 6.45) is -11.3. The number of ether oxygens (including phenoxy) is 3. The number of carbonyl (C=O) groups is 3. The molecule has 14 N–H and O–H groups in total. The lowest BCUT2D eigenvalue weighted by atomic mass is 9.94. The topological polar surface area (TPSA) is 307 Å². The highest BCUT2D eigenvalue weighted by molar-refractivity contribution is 5.82. The zero-order chi connectivity index (χ0) is 30.1. The molecule has 11 atom stereocenters. The summed E-state index contributed by atoms with van der Waals surface area (Å²) in [4.78, 5) is 40.2. The number of aliphatic imine (C=N–C) groups is 1. The minimum absolute atomic E-state index is 0.104. The average Bonchev–Trinajstić information content (AvgIpc) is 2.88. The van der Waals surface area contributed by atoms with Gasteiger partial charge in [-0.1, -0.05) is 0 Å². The maximum atomic E-state index is 12.7. The van der Waals surface area contributed by atoms with Crippen molar-refractivity contribution in [2.75, 3.05) is 19.8 Å². The molecule has 18 nitrogen and oxygen atoms in total. The third kappa shape index (κ3) is 8.91. The van der Waals surface area contributed by atoms with E-state index in [2.05, 4.69) is 20.9 Å². The van der Waals surface area contributed by atoms with E-state index in [1.165, 1.54) is 0 Å². The quantitative estimate of drug-likeness (QED) is 0.0582. The number of nitrogens with two attached hydrogens (primary N) is 3. The minimum Gasteiger partial charge on any atom is -0.394 e. The van der Waals surface area contributed by atoms with Crippen LogP contribution in [0.4, 0.5) is 0 Å². The molecule has 230 valence electrons. The fourth-order valence-electron chi connectivity index (χ4n) is 4.43. The molecule has 2 aliphatic rings. The van der Waals surface area contributed by atoms with Gasteiger partial charge in [-0.05, 0) is 12.8 Å². The van der Waals surface area contributed by atoms with Gasteiger partial charge in [0.1, 0.15) is 48.7 Å². The monoisotopic (exact) mass is 579 g/mol. The van der Waals surface area contributed by atoms with E-state index in [-0.39, 0.29) is 18.9 Å². The smallest absolute Gasteiger partial charge is 0.238 e. The zero-order valence-corrected chi connectivity index (χ0v) is 22.3. The number of nitrogens with one attached hydrogen (secondary N) is 3. The summed E-state index contributed by atoms with van der Waals surface area (Å²) in [5, 5.41) is 58.9. The summed E-state index contributed by atoms with van der Waals surface area (Å²) in [6, 6.07) is -3.68. The molecule has 2 saturated heterocycles. The van der Waals surface area contributed by atoms with E-state index in [4.69, 9.17) is 31.4 Å². The number of amides is 3. The largest absolute Gasteiger partial charge is 0.394 e. The fraction of sp³-hybridized carbons (Fsp3) is 0.818. The lowest BCUT2D eigenvalue weighted by Crippen LogP contribution is -2.71. The van der Waals surface area contributed by atoms with E-state index in [9.17, 15) is 39.9 Å². The van der Waals surface area contributed by atoms with E-state index < -0.39 is 98.2 Å². The van der Waals surface area contributed by atoms with Crippen molar-refractivity contribution >= 4 is 23.7 Å². The van der Waals surface area contributed by atoms with Gasteiger partial charge in [-0.25, -0.2) is 0 Å². The van der Waals surface area contributed by atoms with Crippen molar-refractivity contribution in [1.82, 2.24) is 16.0 Å². The van der Waals surface area contributed by atoms with Gasteiger partial charge in [0.15, 0.2) is 18.5 Å². The van der Waals surface area contributed by atoms with Gasteiger partial charge in [0.2, 0.25) is 17.7 Å². The summed E-state index contributed by atoms with van der Waals surface area (Å²) in [5.41, 5.74) is 16.5. The van der Waals surface area contributed by atoms with Crippen molar-refractivity contribution in [3.63, 3.8) is 0 Å². The molecule has 0 spiro atoms. The summed E-state index contributed by atoms with van der Waals surface area (Å²) < 4.78 is 17.1. The van der Waals surface area contributed by atoms with Gasteiger partial charge < -0.3 is 72.9 Å². The van der Waals surface area contributed by atoms with Gasteiger partial charge in [0, 0.05) is 20.4 Å². The van der Waals surface area contributed by atoms with Gasteiger partial charge in [0.05, 0.1) is 19.3 Å². The van der Waals surface area contributed by atoms with E-state index in [0.717, 1.165) is 13.8 Å². The number of hydrogen-bond acceptors (Lipinski definition) is 13. The van der Waals surface area contributed by atoms with Crippen molar-refractivity contribution in [3.8, 4) is 0 Å². The van der Waals surface area contributed by atoms with E-state index in [1.54, 1.807) is 0 Å². The molecular formula is C22H41N7O11. The third-order valence-electron chi connectivity index (χ3n) is 6.40. The Morgan fingerprint density at radius 3 is 2.05 bits per heavy atom. The molecule has 0 aliphatic carbocycles. The molecule has 0 saturated carbocycles. The van der Waals surface area contributed by atoms with Crippen LogP contribution in [-0.4, -0.2) is 136 Å². The zero-order valence-electron chi connectivity index (χ0n) is 22.3. The maximum Gasteiger partial charge on any atom is 0.238 e. The Balaban J connectivity index is 2.23. The normalized spacial score (nSPS) is 34.8. The molecular weight excluding hydrogens is 538 g/mol. The number of hydrogen-bond donors (Lipinski definition) is 11. The summed E-state index contributed by atoms with van der Waals surface area (Å²) in [5.74, 6) is -1.99. The number of aliphatic hydroxyl groups is 5. The standard InChI is InChI=1S/C22H41N7O11/c1-8(32)27-13-17(36)18(40-21-14(28-9(2)33)16(35)15(34)11(6-30)39-21)12(7-31)38-20(13)29-19(37)10(23)4-3-5-26-22(24)25/h10-18,20-21,30-31,34-36H,3-7,23H2,1-2H3,(H,27,32)(H,28,33)(H,29,37)(H4,24,25,26)/t10-,11+,12+,13+,14+,15+,16+,17+,18+,20+,21-/m0/s1. The van der Waals surface area contributed by atoms with Crippen molar-refractivity contribution in [2.45, 2.75) is 94.0 Å². The SMILES string of the molecule is CC(=O)N[C@@H]1[C@@H](O)[C@H](O[C@@H]2O[C@H](CO)[C@@H](O)[C@H](O)[C@H]2NC(C)=O)[C@@H](CO)O[C@H]1NC(=O)[C@@H](N)CCCN=C(N)N. The summed E-state index contributed by atoms with van der Waals surface area (Å²) >= 11 is 0. The van der Waals surface area contributed by atoms with Crippen LogP contribution >= 0.6 is 0 Å². The summed E-state index contributed by atoms with van der Waals surface area (Å²) in [7, 11) is 0. The third-order valence-corrected chi connectivity index (χ3v) is 6.40. The molecule has 0 radical (unpaired) electrons. The van der Waals surface area contributed by atoms with E-state index in [0.29, 0.717) is 6.42 Å². The number of carbonyl (C=O) groups excluding carboxylic acids is 3. The van der Waals surface area contributed by atoms with Gasteiger partial charge >= 0.3 is 0 Å². The molecule has 2 rings (SSSR count). The van der Waals surface area contributed by atoms with Crippen molar-refractivity contribution in [2.24, 2.45) is 22.2 Å². The molecule has 40 heavy (non-hydrogen) atoms. The van der Waals surface area contributed by atoms with Crippen LogP contribution in [0.25, 0.3) is 0 Å². The Morgan fingerprint density at radius 2 is 1.50 bits per heavy atom. The van der Waals surface area contributed by atoms with Crippen LogP contribution in [0.3, 0.4) is 0 Å². The molecule has 2 fully saturated rings. The van der Waals surface area contributed by atoms with Crippen molar-refractivity contribution in [1.29, 1.82) is 0 Å². The first-order valence-corrected chi connectivity index (χ1v) is 12.7. The first kappa shape index (κ1) is 33.5. The molecule has 0 aromatic rings. The minimum atomic E-state index is -1.64. The Kier molecular flexibility index (Phi) is 12.9. The predicted molar refractivity (Wildman–Crippen MR) is 136 cm³/mol. The highest BCUT2D eigenvalue weighted by Gasteiger charge is 2.51. The highest BCUT2D eigenvalue weighted by Crippen LogP contribution is 2.29. The van der Waals surface area contributed by atoms with Gasteiger partial charge in [-0.3, -0.25) is 19.4 Å². The van der Waals surface area contributed by atoms with Crippen LogP contribution in [0.1, 0.15) is 26.7 Å². The van der Waals surface area contributed by atoms with Crippen LogP contribution in [0.5, 0.6) is 0 Å². The molecule has 0 aromatic carbocycles. The first-order valence-electron chi connectivity index (χ1n) is 12.7. The Bertz CT molecular complexity index is 893. The summed E-state index contributed by atoms with van der Waals surface area (Å²) in [6.45, 7) is 1.10. The predicted octanol–water partition coefficient (Wildman–Crippen LogP) is -6.60. The fourth-order valence-corrected chi connectivity index (χ4v) is 4.43. The number of rotatable bonds is 12. The maximum absolute atomic E-state index is 12.7. The highest BCUT2D eigenvalue weighted by atomic mass is 16.7. The molecule has 0 unspecified atom stereocenters. The van der Waals surface area contributed by atoms with Crippen LogP contribution in [0, 0.1) is 0 Å². The molecule has 2 heterocycles. The second-order valence-electron chi connectivity index (χ2n) is 9.59. The molecule has 18 heteroatoms. The second-order valence-corrected chi connectivity index (χ2v) is 9.59. The molecule has 2 aliphatic heterocycles. The lowest BCUT2D eigenvalue weighted by Gasteiger charge is -2.48. The average molecular weight is 580 g/mol. The van der Waals surface area contributed by atoms with E-state index in [1.807, 2.05) is 0 Å². The van der Waals surface area contributed by atoms with Crippen molar-refractivity contribution < 1.29 is 54.1 Å². The Hall–Kier alpha value is -2.68. The van der Waals surface area contributed by atoms with Crippen molar-refractivity contribution in [3.05, 3.63) is 0 Å². The molecule has 0 bridgehead atoms. The number of guanidine groups is 1. The van der Waals surface area contributed by atoms with Gasteiger partial charge in [-0.2, -0.15) is 0 Å². The van der Waals surface area contributed by atoms with E-state index >= 15 is 0 Å². The van der Waals surface area contributed by atoms with Crippen LogP contribution < -0.4 is 33.2 Å². The van der Waals surface area contributed by atoms with Crippen LogP contribution in [0.15, 0.2) is 4.99 Å². The van der Waals surface area contributed by atoms with Crippen LogP contribution in [-0.2, 0) is 28.6 Å².